The van der Waals surface area contributed by atoms with Crippen LogP contribution < -0.4 is 5.32 Å². The number of allylic oxidation sites excluding steroid dienone is 4. The Morgan fingerprint density at radius 1 is 1.13 bits per heavy atom. The van der Waals surface area contributed by atoms with Gasteiger partial charge in [-0.05, 0) is 32.0 Å². The zero-order valence-corrected chi connectivity index (χ0v) is 13.7. The zero-order valence-electron chi connectivity index (χ0n) is 12.9. The third-order valence-corrected chi connectivity index (χ3v) is 4.90. The largest absolute Gasteiger partial charge is 0.481 e. The summed E-state index contributed by atoms with van der Waals surface area (Å²) in [6.07, 6.45) is 3.89. The van der Waals surface area contributed by atoms with E-state index < -0.39 is 17.8 Å². The molecule has 1 amide bonds. The molecule has 2 aliphatic rings. The second-order valence-electron chi connectivity index (χ2n) is 6.28. The summed E-state index contributed by atoms with van der Waals surface area (Å²) >= 11 is 5.93. The fourth-order valence-corrected chi connectivity index (χ4v) is 4.02. The van der Waals surface area contributed by atoms with Crippen molar-refractivity contribution in [3.63, 3.8) is 0 Å². The predicted octanol–water partition coefficient (Wildman–Crippen LogP) is 3.75. The summed E-state index contributed by atoms with van der Waals surface area (Å²) in [4.78, 5) is 24.4. The molecule has 23 heavy (non-hydrogen) atoms. The van der Waals surface area contributed by atoms with Crippen LogP contribution in [0.15, 0.2) is 47.6 Å². The van der Waals surface area contributed by atoms with Gasteiger partial charge >= 0.3 is 5.97 Å². The van der Waals surface area contributed by atoms with Crippen LogP contribution in [0.2, 0.25) is 5.02 Å². The Kier molecular flexibility index (Phi) is 4.02. The summed E-state index contributed by atoms with van der Waals surface area (Å²) < 4.78 is 0. The van der Waals surface area contributed by atoms with Crippen molar-refractivity contribution in [3.8, 4) is 0 Å². The summed E-state index contributed by atoms with van der Waals surface area (Å²) in [5.41, 5.74) is 2.75. The van der Waals surface area contributed by atoms with Gasteiger partial charge in [0.25, 0.3) is 0 Å². The highest BCUT2D eigenvalue weighted by atomic mass is 35.5. The maximum atomic E-state index is 12.7. The van der Waals surface area contributed by atoms with Gasteiger partial charge < -0.3 is 10.4 Å². The second-order valence-corrected chi connectivity index (χ2v) is 6.72. The van der Waals surface area contributed by atoms with E-state index in [1.165, 1.54) is 0 Å². The molecule has 2 bridgehead atoms. The van der Waals surface area contributed by atoms with Crippen LogP contribution in [-0.2, 0) is 9.59 Å². The molecule has 4 atom stereocenters. The van der Waals surface area contributed by atoms with Crippen molar-refractivity contribution in [2.24, 2.45) is 23.7 Å². The number of carboxylic acids is 1. The molecule has 1 fully saturated rings. The van der Waals surface area contributed by atoms with E-state index in [-0.39, 0.29) is 17.7 Å². The van der Waals surface area contributed by atoms with Crippen LogP contribution in [0.3, 0.4) is 0 Å². The number of rotatable bonds is 3. The molecule has 120 valence electrons. The van der Waals surface area contributed by atoms with E-state index in [9.17, 15) is 14.7 Å². The first-order chi connectivity index (χ1) is 10.9. The normalized spacial score (nSPS) is 28.0. The van der Waals surface area contributed by atoms with Gasteiger partial charge in [-0.2, -0.15) is 0 Å². The lowest BCUT2D eigenvalue weighted by Crippen LogP contribution is -2.36. The summed E-state index contributed by atoms with van der Waals surface area (Å²) in [5.74, 6) is -2.81. The van der Waals surface area contributed by atoms with Gasteiger partial charge in [0.2, 0.25) is 5.91 Å². The molecule has 1 aromatic carbocycles. The van der Waals surface area contributed by atoms with Crippen molar-refractivity contribution in [2.45, 2.75) is 13.8 Å². The number of nitrogens with one attached hydrogen (secondary N) is 1. The molecule has 0 radical (unpaired) electrons. The van der Waals surface area contributed by atoms with Crippen LogP contribution in [0.25, 0.3) is 0 Å². The molecule has 5 heteroatoms. The predicted molar refractivity (Wildman–Crippen MR) is 89.2 cm³/mol. The topological polar surface area (TPSA) is 66.4 Å². The van der Waals surface area contributed by atoms with Crippen LogP contribution in [0.1, 0.15) is 13.8 Å². The number of fused-ring (bicyclic) bond motifs is 2. The van der Waals surface area contributed by atoms with Crippen molar-refractivity contribution in [1.29, 1.82) is 0 Å². The minimum absolute atomic E-state index is 0.134. The molecule has 0 saturated heterocycles. The second kappa shape index (κ2) is 5.85. The average Bonchev–Trinajstić information content (AvgIpc) is 3.02. The van der Waals surface area contributed by atoms with Crippen molar-refractivity contribution in [3.05, 3.63) is 52.6 Å². The molecule has 0 aliphatic heterocycles. The van der Waals surface area contributed by atoms with E-state index in [1.807, 2.05) is 26.0 Å². The Hall–Kier alpha value is -2.07. The van der Waals surface area contributed by atoms with Gasteiger partial charge in [-0.25, -0.2) is 0 Å². The van der Waals surface area contributed by atoms with Crippen molar-refractivity contribution < 1.29 is 14.7 Å². The molecule has 1 saturated carbocycles. The highest BCUT2D eigenvalue weighted by molar-refractivity contribution is 6.30. The molecular formula is C18H18ClNO3. The number of carbonyl (C=O) groups is 2. The quantitative estimate of drug-likeness (QED) is 0.829. The standard InChI is InChI=1S/C18H18ClNO3/c1-9(2)14-12-6-7-13(14)16(18(22)23)15(12)17(21)20-11-5-3-4-10(19)8-11/h3-8,12-13,15-16H,1-2H3,(H,20,21)(H,22,23)/t12-,13+,15+,16-/m0/s1. The van der Waals surface area contributed by atoms with Gasteiger partial charge in [0.1, 0.15) is 0 Å². The Bertz CT molecular complexity index is 734. The lowest BCUT2D eigenvalue weighted by Gasteiger charge is -2.23. The first kappa shape index (κ1) is 15.8. The number of aliphatic carboxylic acids is 1. The molecule has 2 N–H and O–H groups in total. The highest BCUT2D eigenvalue weighted by Crippen LogP contribution is 2.53. The lowest BCUT2D eigenvalue weighted by molar-refractivity contribution is -0.146. The maximum absolute atomic E-state index is 12.7. The first-order valence-electron chi connectivity index (χ1n) is 7.55. The van der Waals surface area contributed by atoms with Crippen molar-refractivity contribution >= 4 is 29.2 Å². The molecule has 0 heterocycles. The number of amides is 1. The van der Waals surface area contributed by atoms with Crippen LogP contribution in [0, 0.1) is 23.7 Å². The van der Waals surface area contributed by atoms with Crippen molar-refractivity contribution in [2.75, 3.05) is 5.32 Å². The molecule has 0 aromatic heterocycles. The summed E-state index contributed by atoms with van der Waals surface area (Å²) in [6.45, 7) is 3.94. The number of carboxylic acid groups (broad SMARTS) is 1. The Balaban J connectivity index is 1.91. The van der Waals surface area contributed by atoms with Crippen LogP contribution in [-0.4, -0.2) is 17.0 Å². The van der Waals surface area contributed by atoms with Crippen molar-refractivity contribution in [1.82, 2.24) is 0 Å². The van der Waals surface area contributed by atoms with E-state index in [2.05, 4.69) is 5.32 Å². The van der Waals surface area contributed by atoms with E-state index in [0.717, 1.165) is 11.1 Å². The maximum Gasteiger partial charge on any atom is 0.308 e. The Morgan fingerprint density at radius 2 is 1.78 bits per heavy atom. The highest BCUT2D eigenvalue weighted by Gasteiger charge is 2.54. The number of halogens is 1. The van der Waals surface area contributed by atoms with Crippen LogP contribution in [0.4, 0.5) is 5.69 Å². The molecule has 0 unspecified atom stereocenters. The SMILES string of the molecule is CC(C)=C1[C@H]2C=C[C@@H]1[C@@H](C(=O)Nc1cccc(Cl)c1)[C@H]2C(=O)O. The van der Waals surface area contributed by atoms with E-state index in [1.54, 1.807) is 24.3 Å². The van der Waals surface area contributed by atoms with Crippen LogP contribution >= 0.6 is 11.6 Å². The molecule has 3 rings (SSSR count). The van der Waals surface area contributed by atoms with Gasteiger partial charge in [0.15, 0.2) is 0 Å². The fraction of sp³-hybridized carbons (Fsp3) is 0.333. The summed E-state index contributed by atoms with van der Waals surface area (Å²) in [6, 6.07) is 6.86. The van der Waals surface area contributed by atoms with Gasteiger partial charge in [-0.15, -0.1) is 0 Å². The Labute approximate surface area is 139 Å². The van der Waals surface area contributed by atoms with E-state index >= 15 is 0 Å². The lowest BCUT2D eigenvalue weighted by atomic mass is 9.82. The number of anilines is 1. The summed E-state index contributed by atoms with van der Waals surface area (Å²) in [5, 5.41) is 12.9. The van der Waals surface area contributed by atoms with E-state index in [4.69, 9.17) is 11.6 Å². The number of hydrogen-bond donors (Lipinski definition) is 2. The first-order valence-corrected chi connectivity index (χ1v) is 7.92. The zero-order chi connectivity index (χ0) is 16.7. The molecule has 1 aromatic rings. The minimum atomic E-state index is -0.924. The third kappa shape index (κ3) is 2.68. The molecule has 2 aliphatic carbocycles. The molecule has 4 nitrogen and oxygen atoms in total. The Morgan fingerprint density at radius 3 is 2.35 bits per heavy atom. The monoisotopic (exact) mass is 331 g/mol. The van der Waals surface area contributed by atoms with Gasteiger partial charge in [-0.3, -0.25) is 9.59 Å². The third-order valence-electron chi connectivity index (χ3n) is 4.66. The average molecular weight is 332 g/mol. The molecule has 0 spiro atoms. The van der Waals surface area contributed by atoms with E-state index in [0.29, 0.717) is 10.7 Å². The summed E-state index contributed by atoms with van der Waals surface area (Å²) in [7, 11) is 0. The van der Waals surface area contributed by atoms with Gasteiger partial charge in [-0.1, -0.05) is 41.0 Å². The van der Waals surface area contributed by atoms with Gasteiger partial charge in [0, 0.05) is 22.5 Å². The smallest absolute Gasteiger partial charge is 0.308 e. The fourth-order valence-electron chi connectivity index (χ4n) is 3.83. The van der Waals surface area contributed by atoms with Gasteiger partial charge in [0.05, 0.1) is 11.8 Å². The number of benzene rings is 1. The number of hydrogen-bond acceptors (Lipinski definition) is 2. The minimum Gasteiger partial charge on any atom is -0.481 e. The van der Waals surface area contributed by atoms with Crippen LogP contribution in [0.5, 0.6) is 0 Å². The molecular weight excluding hydrogens is 314 g/mol. The number of carbonyl (C=O) groups excluding carboxylic acids is 1.